The van der Waals surface area contributed by atoms with Gasteiger partial charge < -0.3 is 25.5 Å². The summed E-state index contributed by atoms with van der Waals surface area (Å²) in [7, 11) is 0. The monoisotopic (exact) mass is 444 g/mol. The van der Waals surface area contributed by atoms with E-state index >= 15 is 0 Å². The zero-order chi connectivity index (χ0) is 22.3. The molecule has 0 heterocycles. The number of ether oxygens (including phenoxy) is 2. The molecule has 5 rings (SSSR count). The van der Waals surface area contributed by atoms with Crippen molar-refractivity contribution in [3.05, 3.63) is 102 Å². The van der Waals surface area contributed by atoms with Gasteiger partial charge in [0.25, 0.3) is 0 Å². The lowest BCUT2D eigenvalue weighted by atomic mass is 10.0. The Kier molecular flexibility index (Phi) is 4.84. The van der Waals surface area contributed by atoms with Crippen molar-refractivity contribution in [3.8, 4) is 22.6 Å². The van der Waals surface area contributed by atoms with E-state index in [1.54, 1.807) is 60.7 Å². The molecule has 0 saturated heterocycles. The Hall–Kier alpha value is -3.81. The Morgan fingerprint density at radius 1 is 0.688 bits per heavy atom. The van der Waals surface area contributed by atoms with Crippen molar-refractivity contribution in [2.75, 3.05) is 11.5 Å². The maximum absolute atomic E-state index is 12.2. The summed E-state index contributed by atoms with van der Waals surface area (Å²) in [5.74, 6) is -0.325. The molecule has 1 aliphatic carbocycles. The van der Waals surface area contributed by atoms with Crippen LogP contribution in [0.3, 0.4) is 0 Å². The van der Waals surface area contributed by atoms with E-state index in [0.29, 0.717) is 38.9 Å². The van der Waals surface area contributed by atoms with Crippen LogP contribution in [-0.4, -0.2) is 8.76 Å². The van der Waals surface area contributed by atoms with E-state index in [0.717, 1.165) is 11.1 Å². The molecule has 0 saturated carbocycles. The van der Waals surface area contributed by atoms with Gasteiger partial charge in [0, 0.05) is 22.5 Å². The van der Waals surface area contributed by atoms with E-state index in [4.69, 9.17) is 20.9 Å². The highest BCUT2D eigenvalue weighted by Crippen LogP contribution is 2.52. The van der Waals surface area contributed by atoms with Gasteiger partial charge >= 0.3 is 5.79 Å². The molecule has 1 unspecified atom stereocenters. The van der Waals surface area contributed by atoms with Crippen LogP contribution in [0.25, 0.3) is 11.1 Å². The lowest BCUT2D eigenvalue weighted by Gasteiger charge is -2.33. The van der Waals surface area contributed by atoms with Gasteiger partial charge in [-0.1, -0.05) is 36.4 Å². The molecule has 4 aromatic carbocycles. The van der Waals surface area contributed by atoms with E-state index in [9.17, 15) is 8.76 Å². The van der Waals surface area contributed by atoms with Crippen LogP contribution < -0.4 is 20.9 Å². The van der Waals surface area contributed by atoms with Crippen LogP contribution >= 0.6 is 0 Å². The van der Waals surface area contributed by atoms with Crippen molar-refractivity contribution in [2.45, 2.75) is 10.7 Å². The normalized spacial score (nSPS) is 14.3. The molecular formula is C25H20N2O4S. The van der Waals surface area contributed by atoms with Crippen LogP contribution in [0.5, 0.6) is 11.5 Å². The maximum Gasteiger partial charge on any atom is 0.306 e. The first-order chi connectivity index (χ1) is 15.5. The molecule has 1 atom stereocenters. The fourth-order valence-corrected chi connectivity index (χ4v) is 4.60. The number of nitrogens with two attached hydrogens (primary N) is 2. The van der Waals surface area contributed by atoms with Crippen LogP contribution in [0.4, 0.5) is 11.4 Å². The number of fused-ring (bicyclic) bond motifs is 3. The highest BCUT2D eigenvalue weighted by atomic mass is 32.2. The average molecular weight is 445 g/mol. The predicted octanol–water partition coefficient (Wildman–Crippen LogP) is 4.77. The molecule has 0 bridgehead atoms. The quantitative estimate of drug-likeness (QED) is 0.232. The van der Waals surface area contributed by atoms with Gasteiger partial charge in [-0.25, -0.2) is 4.21 Å². The van der Waals surface area contributed by atoms with Crippen LogP contribution in [0.2, 0.25) is 0 Å². The summed E-state index contributed by atoms with van der Waals surface area (Å²) in [5.41, 5.74) is 15.7. The lowest BCUT2D eigenvalue weighted by molar-refractivity contribution is -0.0806. The molecule has 0 fully saturated rings. The van der Waals surface area contributed by atoms with Gasteiger partial charge in [0.15, 0.2) is 11.1 Å². The van der Waals surface area contributed by atoms with E-state index in [1.807, 2.05) is 30.3 Å². The summed E-state index contributed by atoms with van der Waals surface area (Å²) in [6.45, 7) is 0. The van der Waals surface area contributed by atoms with Crippen LogP contribution in [0, 0.1) is 0 Å². The Labute approximate surface area is 187 Å². The maximum atomic E-state index is 12.2. The Bertz CT molecular complexity index is 1270. The van der Waals surface area contributed by atoms with Gasteiger partial charge in [-0.3, -0.25) is 0 Å². The van der Waals surface area contributed by atoms with Crippen molar-refractivity contribution >= 4 is 22.5 Å². The first-order valence-corrected chi connectivity index (χ1v) is 11.0. The smallest absolute Gasteiger partial charge is 0.306 e. The van der Waals surface area contributed by atoms with Crippen molar-refractivity contribution in [2.24, 2.45) is 0 Å². The molecule has 0 aliphatic heterocycles. The molecule has 7 heteroatoms. The SMILES string of the molecule is Nc1ccc(OC2(Oc3ccc(N)cc3)c3ccccc3-c3c(S(=O)O)cccc32)cc1. The number of hydrogen-bond acceptors (Lipinski definition) is 5. The van der Waals surface area contributed by atoms with Crippen molar-refractivity contribution < 1.29 is 18.2 Å². The summed E-state index contributed by atoms with van der Waals surface area (Å²) >= 11 is -2.19. The van der Waals surface area contributed by atoms with Crippen LogP contribution in [0.15, 0.2) is 95.9 Å². The van der Waals surface area contributed by atoms with Gasteiger partial charge in [0.2, 0.25) is 0 Å². The van der Waals surface area contributed by atoms with Crippen molar-refractivity contribution in [1.29, 1.82) is 0 Å². The summed E-state index contributed by atoms with van der Waals surface area (Å²) in [4.78, 5) is 0.290. The fourth-order valence-electron chi connectivity index (χ4n) is 4.01. The third-order valence-electron chi connectivity index (χ3n) is 5.40. The van der Waals surface area contributed by atoms with E-state index < -0.39 is 16.9 Å². The first-order valence-electron chi connectivity index (χ1n) is 9.91. The standard InChI is InChI=1S/C25H20N2O4S/c26-16-8-12-18(13-9-16)30-25(31-19-14-10-17(27)11-15-19)21-5-2-1-4-20(21)24-22(25)6-3-7-23(24)32(28)29/h1-15H,26-27H2,(H,28,29). The van der Waals surface area contributed by atoms with Gasteiger partial charge in [-0.2, -0.15) is 0 Å². The van der Waals surface area contributed by atoms with Crippen LogP contribution in [-0.2, 0) is 16.9 Å². The Balaban J connectivity index is 1.77. The van der Waals surface area contributed by atoms with Gasteiger partial charge in [0.05, 0.1) is 10.5 Å². The highest BCUT2D eigenvalue weighted by molar-refractivity contribution is 7.79. The molecule has 32 heavy (non-hydrogen) atoms. The second-order valence-corrected chi connectivity index (χ2v) is 8.37. The molecule has 4 aromatic rings. The number of hydrogen-bond donors (Lipinski definition) is 3. The Morgan fingerprint density at radius 2 is 1.22 bits per heavy atom. The summed E-state index contributed by atoms with van der Waals surface area (Å²) in [5, 5.41) is 0. The largest absolute Gasteiger partial charge is 0.444 e. The third-order valence-corrected chi connectivity index (χ3v) is 6.12. The number of nitrogen functional groups attached to an aromatic ring is 2. The number of anilines is 2. The van der Waals surface area contributed by atoms with Gasteiger partial charge in [0.1, 0.15) is 11.5 Å². The van der Waals surface area contributed by atoms with E-state index in [-0.39, 0.29) is 0 Å². The summed E-state index contributed by atoms with van der Waals surface area (Å²) < 4.78 is 35.3. The minimum Gasteiger partial charge on any atom is -0.444 e. The molecule has 160 valence electrons. The molecule has 0 amide bonds. The lowest BCUT2D eigenvalue weighted by Crippen LogP contribution is -2.39. The summed E-state index contributed by atoms with van der Waals surface area (Å²) in [6.07, 6.45) is 0. The topological polar surface area (TPSA) is 108 Å². The average Bonchev–Trinajstić information content (AvgIpc) is 3.07. The van der Waals surface area contributed by atoms with Crippen molar-refractivity contribution in [3.63, 3.8) is 0 Å². The molecule has 6 nitrogen and oxygen atoms in total. The van der Waals surface area contributed by atoms with Gasteiger partial charge in [-0.05, 0) is 60.2 Å². The van der Waals surface area contributed by atoms with E-state index in [1.165, 1.54) is 0 Å². The number of rotatable bonds is 5. The van der Waals surface area contributed by atoms with E-state index in [2.05, 4.69) is 0 Å². The summed E-state index contributed by atoms with van der Waals surface area (Å²) in [6, 6.07) is 26.8. The minimum absolute atomic E-state index is 0.290. The predicted molar refractivity (Wildman–Crippen MR) is 125 cm³/mol. The fraction of sp³-hybridized carbons (Fsp3) is 0.0400. The second-order valence-electron chi connectivity index (χ2n) is 7.43. The minimum atomic E-state index is -2.19. The third kappa shape index (κ3) is 3.28. The number of benzene rings is 4. The Morgan fingerprint density at radius 3 is 1.78 bits per heavy atom. The molecular weight excluding hydrogens is 424 g/mol. The zero-order valence-corrected chi connectivity index (χ0v) is 17.7. The van der Waals surface area contributed by atoms with Gasteiger partial charge in [-0.15, -0.1) is 0 Å². The van der Waals surface area contributed by atoms with Crippen LogP contribution in [0.1, 0.15) is 11.1 Å². The highest BCUT2D eigenvalue weighted by Gasteiger charge is 2.49. The molecule has 0 radical (unpaired) electrons. The second kappa shape index (κ2) is 7.71. The van der Waals surface area contributed by atoms with Crippen molar-refractivity contribution in [1.82, 2.24) is 0 Å². The molecule has 0 spiro atoms. The zero-order valence-electron chi connectivity index (χ0n) is 16.9. The first kappa shape index (κ1) is 20.1. The molecule has 0 aromatic heterocycles. The molecule has 1 aliphatic rings. The molecule has 5 N–H and O–H groups in total.